The van der Waals surface area contributed by atoms with E-state index in [4.69, 9.17) is 15.2 Å². The number of carbonyl (C=O) groups is 1. The number of H-pyrrole nitrogens is 2. The number of hydrogen-bond acceptors (Lipinski definition) is 6. The summed E-state index contributed by atoms with van der Waals surface area (Å²) in [5.74, 6) is 1.57. The molecule has 1 aliphatic heterocycles. The second kappa shape index (κ2) is 8.03. The topological polar surface area (TPSA) is 124 Å². The van der Waals surface area contributed by atoms with Crippen LogP contribution < -0.4 is 10.5 Å². The molecule has 0 amide bonds. The number of rotatable bonds is 5. The number of nitrogen functional groups attached to an aromatic ring is 1. The molecule has 9 nitrogen and oxygen atoms in total. The number of anilines is 1. The standard InChI is InChI=1S/C25H24N6O3/c1-14-27-20-5-3-16(11-22(20)28-14)31-13-19(25(26)30-31)24(32)23-10-15-2-4-18(12-21(15)29-23)34-17-6-8-33-9-7-17/h2-5,10-13,17,29H,6-9H2,1H3,(H2,26,30)(H,27,28). The minimum absolute atomic E-state index is 0.151. The Morgan fingerprint density at radius 3 is 2.82 bits per heavy atom. The quantitative estimate of drug-likeness (QED) is 0.345. The van der Waals surface area contributed by atoms with E-state index < -0.39 is 0 Å². The smallest absolute Gasteiger partial charge is 0.214 e. The number of aromatic nitrogens is 5. The van der Waals surface area contributed by atoms with Crippen LogP contribution in [0, 0.1) is 6.92 Å². The van der Waals surface area contributed by atoms with Gasteiger partial charge in [-0.15, -0.1) is 5.10 Å². The van der Waals surface area contributed by atoms with Crippen molar-refractivity contribution in [3.8, 4) is 11.4 Å². The van der Waals surface area contributed by atoms with E-state index in [2.05, 4.69) is 20.1 Å². The molecule has 6 rings (SSSR count). The molecule has 3 aromatic heterocycles. The number of aromatic amines is 2. The Kier molecular flexibility index (Phi) is 4.84. The lowest BCUT2D eigenvalue weighted by atomic mass is 10.1. The SMILES string of the molecule is Cc1nc2ccc(-n3cc(C(=O)c4cc5ccc(OC6CCOCC6)cc5[nH]4)c(N)n3)cc2[nH]1. The predicted molar refractivity (Wildman–Crippen MR) is 129 cm³/mol. The third kappa shape index (κ3) is 3.69. The first kappa shape index (κ1) is 20.5. The van der Waals surface area contributed by atoms with Crippen molar-refractivity contribution in [1.29, 1.82) is 0 Å². The Labute approximate surface area is 194 Å². The molecule has 0 spiro atoms. The Morgan fingerprint density at radius 1 is 1.12 bits per heavy atom. The van der Waals surface area contributed by atoms with Crippen LogP contribution >= 0.6 is 0 Å². The van der Waals surface area contributed by atoms with Crippen LogP contribution in [0.4, 0.5) is 5.82 Å². The Hall–Kier alpha value is -4.11. The molecule has 4 N–H and O–H groups in total. The normalized spacial score (nSPS) is 14.7. The maximum absolute atomic E-state index is 13.3. The molecule has 2 aromatic carbocycles. The van der Waals surface area contributed by atoms with E-state index in [1.807, 2.05) is 49.4 Å². The number of imidazole rings is 1. The van der Waals surface area contributed by atoms with Crippen molar-refractivity contribution in [2.45, 2.75) is 25.9 Å². The molecule has 1 fully saturated rings. The first-order valence-electron chi connectivity index (χ1n) is 11.3. The third-order valence-corrected chi connectivity index (χ3v) is 6.15. The number of aryl methyl sites for hydroxylation is 1. The summed E-state index contributed by atoms with van der Waals surface area (Å²) in [7, 11) is 0. The maximum Gasteiger partial charge on any atom is 0.214 e. The van der Waals surface area contributed by atoms with E-state index in [9.17, 15) is 4.79 Å². The van der Waals surface area contributed by atoms with E-state index in [0.29, 0.717) is 11.3 Å². The summed E-state index contributed by atoms with van der Waals surface area (Å²) in [6.07, 6.45) is 3.57. The van der Waals surface area contributed by atoms with Crippen LogP contribution in [0.25, 0.3) is 27.6 Å². The second-order valence-electron chi connectivity index (χ2n) is 8.59. The molecule has 4 heterocycles. The zero-order valence-corrected chi connectivity index (χ0v) is 18.7. The van der Waals surface area contributed by atoms with Crippen LogP contribution in [-0.4, -0.2) is 49.8 Å². The molecule has 172 valence electrons. The first-order valence-corrected chi connectivity index (χ1v) is 11.3. The molecule has 0 unspecified atom stereocenters. The molecule has 1 saturated heterocycles. The molecule has 0 bridgehead atoms. The summed E-state index contributed by atoms with van der Waals surface area (Å²) in [6.45, 7) is 3.35. The van der Waals surface area contributed by atoms with Gasteiger partial charge in [0.1, 0.15) is 17.7 Å². The van der Waals surface area contributed by atoms with Crippen LogP contribution in [0.5, 0.6) is 5.75 Å². The molecule has 0 aliphatic carbocycles. The first-order chi connectivity index (χ1) is 16.5. The van der Waals surface area contributed by atoms with Crippen LogP contribution in [0.3, 0.4) is 0 Å². The fraction of sp³-hybridized carbons (Fsp3) is 0.240. The number of nitrogens with two attached hydrogens (primary N) is 1. The molecular formula is C25H24N6O3. The molecule has 5 aromatic rings. The Bertz CT molecular complexity index is 1520. The van der Waals surface area contributed by atoms with E-state index in [-0.39, 0.29) is 17.7 Å². The van der Waals surface area contributed by atoms with E-state index in [0.717, 1.165) is 65.3 Å². The number of ether oxygens (including phenoxy) is 2. The lowest BCUT2D eigenvalue weighted by Crippen LogP contribution is -2.25. The fourth-order valence-electron chi connectivity index (χ4n) is 4.40. The van der Waals surface area contributed by atoms with Gasteiger partial charge in [0, 0.05) is 36.0 Å². The van der Waals surface area contributed by atoms with E-state index in [1.165, 1.54) is 0 Å². The van der Waals surface area contributed by atoms with E-state index >= 15 is 0 Å². The maximum atomic E-state index is 13.3. The fourth-order valence-corrected chi connectivity index (χ4v) is 4.40. The van der Waals surface area contributed by atoms with Crippen LogP contribution in [0.15, 0.2) is 48.7 Å². The predicted octanol–water partition coefficient (Wildman–Crippen LogP) is 3.91. The highest BCUT2D eigenvalue weighted by Crippen LogP contribution is 2.26. The summed E-state index contributed by atoms with van der Waals surface area (Å²) in [4.78, 5) is 24.1. The summed E-state index contributed by atoms with van der Waals surface area (Å²) in [5.41, 5.74) is 10.3. The van der Waals surface area contributed by atoms with Crippen LogP contribution in [0.2, 0.25) is 0 Å². The lowest BCUT2D eigenvalue weighted by molar-refractivity contribution is 0.0256. The van der Waals surface area contributed by atoms with Gasteiger partial charge in [-0.05, 0) is 43.3 Å². The number of carbonyl (C=O) groups excluding carboxylic acids is 1. The molecule has 34 heavy (non-hydrogen) atoms. The van der Waals surface area contributed by atoms with E-state index in [1.54, 1.807) is 10.9 Å². The zero-order valence-electron chi connectivity index (χ0n) is 18.7. The Morgan fingerprint density at radius 2 is 1.97 bits per heavy atom. The van der Waals surface area contributed by atoms with Gasteiger partial charge in [-0.2, -0.15) is 0 Å². The molecular weight excluding hydrogens is 432 g/mol. The van der Waals surface area contributed by atoms with Gasteiger partial charge in [0.05, 0.1) is 41.2 Å². The molecule has 9 heteroatoms. The van der Waals surface area contributed by atoms with Gasteiger partial charge >= 0.3 is 0 Å². The van der Waals surface area contributed by atoms with Gasteiger partial charge in [-0.3, -0.25) is 4.79 Å². The van der Waals surface area contributed by atoms with Crippen molar-refractivity contribution in [2.24, 2.45) is 0 Å². The highest BCUT2D eigenvalue weighted by Gasteiger charge is 2.20. The third-order valence-electron chi connectivity index (χ3n) is 6.15. The number of hydrogen-bond donors (Lipinski definition) is 3. The molecule has 0 atom stereocenters. The number of nitrogens with zero attached hydrogens (tertiary/aromatic N) is 3. The van der Waals surface area contributed by atoms with Gasteiger partial charge in [-0.1, -0.05) is 0 Å². The van der Waals surface area contributed by atoms with Crippen molar-refractivity contribution >= 4 is 33.5 Å². The summed E-state index contributed by atoms with van der Waals surface area (Å²) >= 11 is 0. The largest absolute Gasteiger partial charge is 0.490 e. The minimum Gasteiger partial charge on any atom is -0.490 e. The van der Waals surface area contributed by atoms with Crippen molar-refractivity contribution in [3.63, 3.8) is 0 Å². The minimum atomic E-state index is -0.217. The van der Waals surface area contributed by atoms with Gasteiger partial charge in [0.2, 0.25) is 5.78 Å². The van der Waals surface area contributed by atoms with Gasteiger partial charge in [-0.25, -0.2) is 9.67 Å². The zero-order chi connectivity index (χ0) is 23.2. The van der Waals surface area contributed by atoms with Gasteiger partial charge in [0.15, 0.2) is 5.82 Å². The second-order valence-corrected chi connectivity index (χ2v) is 8.59. The molecule has 0 radical (unpaired) electrons. The number of ketones is 1. The van der Waals surface area contributed by atoms with Crippen molar-refractivity contribution in [2.75, 3.05) is 18.9 Å². The van der Waals surface area contributed by atoms with Gasteiger partial charge in [0.25, 0.3) is 0 Å². The average molecular weight is 457 g/mol. The average Bonchev–Trinajstić information content (AvgIpc) is 3.54. The highest BCUT2D eigenvalue weighted by atomic mass is 16.5. The van der Waals surface area contributed by atoms with Crippen molar-refractivity contribution < 1.29 is 14.3 Å². The summed E-state index contributed by atoms with van der Waals surface area (Å²) in [6, 6.07) is 13.4. The molecule has 1 aliphatic rings. The van der Waals surface area contributed by atoms with Crippen molar-refractivity contribution in [3.05, 3.63) is 65.7 Å². The van der Waals surface area contributed by atoms with Crippen LogP contribution in [0.1, 0.15) is 34.7 Å². The number of fused-ring (bicyclic) bond motifs is 2. The lowest BCUT2D eigenvalue weighted by Gasteiger charge is -2.23. The summed E-state index contributed by atoms with van der Waals surface area (Å²) < 4.78 is 13.1. The van der Waals surface area contributed by atoms with Crippen molar-refractivity contribution in [1.82, 2.24) is 24.7 Å². The number of nitrogens with one attached hydrogen (secondary N) is 2. The monoisotopic (exact) mass is 456 g/mol. The summed E-state index contributed by atoms with van der Waals surface area (Å²) in [5, 5.41) is 5.29. The van der Waals surface area contributed by atoms with Crippen LogP contribution in [-0.2, 0) is 4.74 Å². The molecule has 0 saturated carbocycles. The Balaban J connectivity index is 1.27. The number of benzene rings is 2. The van der Waals surface area contributed by atoms with Gasteiger partial charge < -0.3 is 25.2 Å². The highest BCUT2D eigenvalue weighted by molar-refractivity contribution is 6.12.